The van der Waals surface area contributed by atoms with Gasteiger partial charge in [-0.3, -0.25) is 9.10 Å². The highest BCUT2D eigenvalue weighted by Gasteiger charge is 2.23. The molecule has 2 aromatic carbocycles. The Morgan fingerprint density at radius 1 is 1.07 bits per heavy atom. The number of nitrogens with zero attached hydrogens (tertiary/aromatic N) is 1. The van der Waals surface area contributed by atoms with Gasteiger partial charge in [0.1, 0.15) is 6.54 Å². The highest BCUT2D eigenvalue weighted by Crippen LogP contribution is 2.31. The number of methoxy groups -OCH3 is 2. The van der Waals surface area contributed by atoms with Crippen LogP contribution in [0.15, 0.2) is 36.4 Å². The SMILES string of the molecule is COc1ccc(NC(=O)CN(c2ccc(Cl)cc2Cl)S(C)(=O)=O)cc1OC. The van der Waals surface area contributed by atoms with Crippen molar-refractivity contribution < 1.29 is 22.7 Å². The molecule has 27 heavy (non-hydrogen) atoms. The van der Waals surface area contributed by atoms with E-state index in [4.69, 9.17) is 32.7 Å². The van der Waals surface area contributed by atoms with Crippen LogP contribution >= 0.6 is 23.2 Å². The monoisotopic (exact) mass is 432 g/mol. The third kappa shape index (κ3) is 5.41. The summed E-state index contributed by atoms with van der Waals surface area (Å²) in [6, 6.07) is 9.14. The lowest BCUT2D eigenvalue weighted by molar-refractivity contribution is -0.114. The van der Waals surface area contributed by atoms with Gasteiger partial charge in [-0.1, -0.05) is 23.2 Å². The molecule has 0 aliphatic heterocycles. The first kappa shape index (κ1) is 21.1. The molecule has 0 bridgehead atoms. The number of rotatable bonds is 7. The summed E-state index contributed by atoms with van der Waals surface area (Å²) < 4.78 is 35.5. The molecule has 2 rings (SSSR count). The Kier molecular flexibility index (Phi) is 6.80. The molecule has 0 aliphatic carbocycles. The quantitative estimate of drug-likeness (QED) is 0.724. The average Bonchev–Trinajstić information content (AvgIpc) is 2.59. The van der Waals surface area contributed by atoms with Crippen molar-refractivity contribution >= 4 is 50.5 Å². The number of hydrogen-bond donors (Lipinski definition) is 1. The van der Waals surface area contributed by atoms with Crippen molar-refractivity contribution in [2.75, 3.05) is 36.6 Å². The van der Waals surface area contributed by atoms with E-state index in [-0.39, 0.29) is 10.7 Å². The Bertz CT molecular complexity index is 950. The molecule has 0 fully saturated rings. The summed E-state index contributed by atoms with van der Waals surface area (Å²) in [5, 5.41) is 3.09. The highest BCUT2D eigenvalue weighted by molar-refractivity contribution is 7.92. The van der Waals surface area contributed by atoms with E-state index in [0.29, 0.717) is 22.2 Å². The zero-order valence-corrected chi connectivity index (χ0v) is 17.2. The second kappa shape index (κ2) is 8.69. The van der Waals surface area contributed by atoms with Crippen LogP contribution in [0, 0.1) is 0 Å². The van der Waals surface area contributed by atoms with E-state index in [1.165, 1.54) is 32.4 Å². The van der Waals surface area contributed by atoms with Crippen LogP contribution in [-0.2, 0) is 14.8 Å². The maximum atomic E-state index is 12.4. The molecule has 0 saturated heterocycles. The topological polar surface area (TPSA) is 84.9 Å². The van der Waals surface area contributed by atoms with E-state index in [0.717, 1.165) is 10.6 Å². The molecule has 0 unspecified atom stereocenters. The first-order valence-corrected chi connectivity index (χ1v) is 10.2. The van der Waals surface area contributed by atoms with E-state index in [2.05, 4.69) is 5.32 Å². The predicted octanol–water partition coefficient (Wildman–Crippen LogP) is 3.42. The van der Waals surface area contributed by atoms with Gasteiger partial charge in [-0.25, -0.2) is 8.42 Å². The number of hydrogen-bond acceptors (Lipinski definition) is 5. The van der Waals surface area contributed by atoms with E-state index in [9.17, 15) is 13.2 Å². The van der Waals surface area contributed by atoms with Crippen LogP contribution in [0.5, 0.6) is 11.5 Å². The molecule has 0 saturated carbocycles. The van der Waals surface area contributed by atoms with Crippen LogP contribution < -0.4 is 19.1 Å². The molecule has 0 heterocycles. The Balaban J connectivity index is 2.25. The van der Waals surface area contributed by atoms with Gasteiger partial charge in [-0.15, -0.1) is 0 Å². The fraction of sp³-hybridized carbons (Fsp3) is 0.235. The third-order valence-electron chi connectivity index (χ3n) is 3.53. The molecule has 1 amide bonds. The number of sulfonamides is 1. The summed E-state index contributed by atoms with van der Waals surface area (Å²) in [4.78, 5) is 12.4. The third-order valence-corrected chi connectivity index (χ3v) is 5.20. The van der Waals surface area contributed by atoms with Crippen LogP contribution in [0.25, 0.3) is 0 Å². The van der Waals surface area contributed by atoms with Crippen molar-refractivity contribution in [1.29, 1.82) is 0 Å². The molecule has 10 heteroatoms. The Morgan fingerprint density at radius 2 is 1.74 bits per heavy atom. The second-order valence-corrected chi connectivity index (χ2v) is 8.23. The number of amides is 1. The van der Waals surface area contributed by atoms with E-state index >= 15 is 0 Å². The lowest BCUT2D eigenvalue weighted by atomic mass is 10.2. The number of carbonyl (C=O) groups is 1. The molecule has 2 aromatic rings. The van der Waals surface area contributed by atoms with Crippen LogP contribution in [0.3, 0.4) is 0 Å². The van der Waals surface area contributed by atoms with Gasteiger partial charge in [-0.05, 0) is 30.3 Å². The summed E-state index contributed by atoms with van der Waals surface area (Å²) in [7, 11) is -0.798. The van der Waals surface area contributed by atoms with E-state index < -0.39 is 22.5 Å². The lowest BCUT2D eigenvalue weighted by Gasteiger charge is -2.23. The Morgan fingerprint density at radius 3 is 2.30 bits per heavy atom. The second-order valence-electron chi connectivity index (χ2n) is 5.48. The van der Waals surface area contributed by atoms with Gasteiger partial charge in [0, 0.05) is 16.8 Å². The molecule has 146 valence electrons. The van der Waals surface area contributed by atoms with Crippen molar-refractivity contribution in [2.45, 2.75) is 0 Å². The highest BCUT2D eigenvalue weighted by atomic mass is 35.5. The molecule has 0 spiro atoms. The summed E-state index contributed by atoms with van der Waals surface area (Å²) in [5.74, 6) is 0.371. The molecule has 1 N–H and O–H groups in total. The molecule has 7 nitrogen and oxygen atoms in total. The largest absolute Gasteiger partial charge is 0.493 e. The van der Waals surface area contributed by atoms with Crippen LogP contribution in [0.2, 0.25) is 10.0 Å². The van der Waals surface area contributed by atoms with Crippen LogP contribution in [-0.4, -0.2) is 41.3 Å². The normalized spacial score (nSPS) is 11.0. The van der Waals surface area contributed by atoms with Gasteiger partial charge in [0.05, 0.1) is 31.2 Å². The molecule has 0 aromatic heterocycles. The van der Waals surface area contributed by atoms with Gasteiger partial charge < -0.3 is 14.8 Å². The van der Waals surface area contributed by atoms with Gasteiger partial charge in [-0.2, -0.15) is 0 Å². The van der Waals surface area contributed by atoms with Crippen molar-refractivity contribution in [3.05, 3.63) is 46.4 Å². The fourth-order valence-corrected chi connectivity index (χ4v) is 3.74. The molecule has 0 radical (unpaired) electrons. The number of benzene rings is 2. The smallest absolute Gasteiger partial charge is 0.245 e. The maximum Gasteiger partial charge on any atom is 0.245 e. The number of carbonyl (C=O) groups excluding carboxylic acids is 1. The maximum absolute atomic E-state index is 12.4. The molecule has 0 aliphatic rings. The Labute approximate surface area is 167 Å². The van der Waals surface area contributed by atoms with Crippen molar-refractivity contribution in [2.24, 2.45) is 0 Å². The molecular weight excluding hydrogens is 415 g/mol. The molecular formula is C17H18Cl2N2O5S. The Hall–Kier alpha value is -2.16. The van der Waals surface area contributed by atoms with E-state index in [1.54, 1.807) is 18.2 Å². The van der Waals surface area contributed by atoms with Gasteiger partial charge in [0.15, 0.2) is 11.5 Å². The first-order valence-electron chi connectivity index (χ1n) is 7.60. The lowest BCUT2D eigenvalue weighted by Crippen LogP contribution is -2.37. The summed E-state index contributed by atoms with van der Waals surface area (Å²) >= 11 is 11.9. The van der Waals surface area contributed by atoms with Gasteiger partial charge in [0.25, 0.3) is 0 Å². The van der Waals surface area contributed by atoms with Gasteiger partial charge in [0.2, 0.25) is 15.9 Å². The summed E-state index contributed by atoms with van der Waals surface area (Å²) in [6.07, 6.45) is 0.988. The van der Waals surface area contributed by atoms with Crippen LogP contribution in [0.1, 0.15) is 0 Å². The minimum absolute atomic E-state index is 0.117. The number of halogens is 2. The predicted molar refractivity (Wildman–Crippen MR) is 107 cm³/mol. The number of anilines is 2. The molecule has 0 atom stereocenters. The number of nitrogens with one attached hydrogen (secondary N) is 1. The first-order chi connectivity index (χ1) is 12.7. The standard InChI is InChI=1S/C17H18Cl2N2O5S/c1-25-15-7-5-12(9-16(15)26-2)20-17(22)10-21(27(3,23)24)14-6-4-11(18)8-13(14)19/h4-9H,10H2,1-3H3,(H,20,22). The van der Waals surface area contributed by atoms with Gasteiger partial charge >= 0.3 is 0 Å². The fourth-order valence-electron chi connectivity index (χ4n) is 2.31. The van der Waals surface area contributed by atoms with Crippen molar-refractivity contribution in [3.63, 3.8) is 0 Å². The zero-order chi connectivity index (χ0) is 20.2. The van der Waals surface area contributed by atoms with Crippen molar-refractivity contribution in [3.8, 4) is 11.5 Å². The summed E-state index contributed by atoms with van der Waals surface area (Å²) in [5.41, 5.74) is 0.583. The number of ether oxygens (including phenoxy) is 2. The van der Waals surface area contributed by atoms with Crippen molar-refractivity contribution in [1.82, 2.24) is 0 Å². The minimum atomic E-state index is -3.76. The summed E-state index contributed by atoms with van der Waals surface area (Å²) in [6.45, 7) is -0.464. The van der Waals surface area contributed by atoms with Crippen LogP contribution in [0.4, 0.5) is 11.4 Å². The average molecular weight is 433 g/mol. The van der Waals surface area contributed by atoms with E-state index in [1.807, 2.05) is 0 Å². The minimum Gasteiger partial charge on any atom is -0.493 e. The zero-order valence-electron chi connectivity index (χ0n) is 14.8.